The van der Waals surface area contributed by atoms with E-state index in [1.807, 2.05) is 13.8 Å². The minimum Gasteiger partial charge on any atom is -0.467 e. The van der Waals surface area contributed by atoms with Crippen molar-refractivity contribution in [3.8, 4) is 0 Å². The van der Waals surface area contributed by atoms with Crippen molar-refractivity contribution in [2.75, 3.05) is 20.2 Å². The molecule has 0 spiro atoms. The highest BCUT2D eigenvalue weighted by molar-refractivity contribution is 7.89. The molecule has 1 aromatic rings. The number of amides is 1. The van der Waals surface area contributed by atoms with Gasteiger partial charge in [-0.05, 0) is 24.1 Å². The third kappa shape index (κ3) is 5.04. The number of hydrogen-bond donors (Lipinski definition) is 1. The van der Waals surface area contributed by atoms with Gasteiger partial charge in [0, 0.05) is 18.7 Å². The second kappa shape index (κ2) is 9.68. The van der Waals surface area contributed by atoms with Gasteiger partial charge in [-0.3, -0.25) is 4.79 Å². The second-order valence-electron chi connectivity index (χ2n) is 5.98. The van der Waals surface area contributed by atoms with E-state index in [1.165, 1.54) is 35.7 Å². The maximum Gasteiger partial charge on any atom is 0.328 e. The maximum atomic E-state index is 12.6. The molecule has 0 unspecified atom stereocenters. The summed E-state index contributed by atoms with van der Waals surface area (Å²) < 4.78 is 31.3. The molecule has 0 heterocycles. The van der Waals surface area contributed by atoms with Crippen LogP contribution in [0.15, 0.2) is 29.2 Å². The molecule has 0 fully saturated rings. The fraction of sp³-hybridized carbons (Fsp3) is 0.556. The smallest absolute Gasteiger partial charge is 0.328 e. The fourth-order valence-electron chi connectivity index (χ4n) is 2.53. The largest absolute Gasteiger partial charge is 0.467 e. The maximum absolute atomic E-state index is 12.6. The SMILES string of the molecule is CC[C@@H](C)[C@@H](NC(=O)c1cccc(S(=O)(=O)N(CC)CC)c1)C(=O)OC. The van der Waals surface area contributed by atoms with E-state index in [2.05, 4.69) is 5.32 Å². The zero-order chi connectivity index (χ0) is 19.9. The van der Waals surface area contributed by atoms with Crippen LogP contribution in [0.1, 0.15) is 44.5 Å². The summed E-state index contributed by atoms with van der Waals surface area (Å²) in [5, 5.41) is 2.65. The zero-order valence-corrected chi connectivity index (χ0v) is 16.8. The molecule has 0 aliphatic rings. The average molecular weight is 384 g/mol. The van der Waals surface area contributed by atoms with Gasteiger partial charge in [-0.2, -0.15) is 4.31 Å². The highest BCUT2D eigenvalue weighted by atomic mass is 32.2. The number of nitrogens with one attached hydrogen (secondary N) is 1. The van der Waals surface area contributed by atoms with Crippen LogP contribution < -0.4 is 5.32 Å². The lowest BCUT2D eigenvalue weighted by Crippen LogP contribution is -2.45. The Kier molecular flexibility index (Phi) is 8.23. The predicted octanol–water partition coefficient (Wildman–Crippen LogP) is 2.03. The Balaban J connectivity index is 3.13. The van der Waals surface area contributed by atoms with Gasteiger partial charge in [0.1, 0.15) is 6.04 Å². The zero-order valence-electron chi connectivity index (χ0n) is 16.0. The first-order valence-electron chi connectivity index (χ1n) is 8.71. The van der Waals surface area contributed by atoms with E-state index in [0.717, 1.165) is 0 Å². The van der Waals surface area contributed by atoms with Gasteiger partial charge >= 0.3 is 5.97 Å². The normalized spacial score (nSPS) is 13.9. The molecule has 0 aliphatic carbocycles. The number of hydrogen-bond acceptors (Lipinski definition) is 5. The standard InChI is InChI=1S/C18H28N2O5S/c1-6-13(4)16(18(22)25-5)19-17(21)14-10-9-11-15(12-14)26(23,24)20(7-2)8-3/h9-13,16H,6-8H2,1-5H3,(H,19,21)/t13-,16-/m1/s1. The van der Waals surface area contributed by atoms with Crippen LogP contribution in [0.4, 0.5) is 0 Å². The van der Waals surface area contributed by atoms with Gasteiger partial charge in [0.25, 0.3) is 5.91 Å². The fourth-order valence-corrected chi connectivity index (χ4v) is 4.04. The molecular formula is C18H28N2O5S. The lowest BCUT2D eigenvalue weighted by molar-refractivity contribution is -0.144. The van der Waals surface area contributed by atoms with E-state index >= 15 is 0 Å². The number of nitrogens with zero attached hydrogens (tertiary/aromatic N) is 1. The highest BCUT2D eigenvalue weighted by Gasteiger charge is 2.28. The summed E-state index contributed by atoms with van der Waals surface area (Å²) in [6, 6.07) is 5.02. The molecule has 0 aromatic heterocycles. The Morgan fingerprint density at radius 3 is 2.31 bits per heavy atom. The number of sulfonamides is 1. The van der Waals surface area contributed by atoms with Crippen LogP contribution in [0.5, 0.6) is 0 Å². The molecule has 8 heteroatoms. The van der Waals surface area contributed by atoms with E-state index in [1.54, 1.807) is 13.8 Å². The molecule has 0 bridgehead atoms. The molecule has 0 aliphatic heterocycles. The van der Waals surface area contributed by atoms with Gasteiger partial charge in [0.2, 0.25) is 10.0 Å². The van der Waals surface area contributed by atoms with E-state index in [4.69, 9.17) is 4.74 Å². The Bertz CT molecular complexity index is 729. The van der Waals surface area contributed by atoms with Crippen molar-refractivity contribution < 1.29 is 22.7 Å². The first kappa shape index (κ1) is 22.1. The van der Waals surface area contributed by atoms with Crippen molar-refractivity contribution in [2.24, 2.45) is 5.92 Å². The summed E-state index contributed by atoms with van der Waals surface area (Å²) in [5.74, 6) is -1.16. The molecule has 1 amide bonds. The lowest BCUT2D eigenvalue weighted by atomic mass is 9.99. The minimum absolute atomic E-state index is 0.0482. The number of rotatable bonds is 9. The van der Waals surface area contributed by atoms with Crippen molar-refractivity contribution in [1.82, 2.24) is 9.62 Å². The monoisotopic (exact) mass is 384 g/mol. The lowest BCUT2D eigenvalue weighted by Gasteiger charge is -2.22. The molecular weight excluding hydrogens is 356 g/mol. The minimum atomic E-state index is -3.67. The molecule has 0 radical (unpaired) electrons. The van der Waals surface area contributed by atoms with Crippen LogP contribution in [0.25, 0.3) is 0 Å². The van der Waals surface area contributed by atoms with E-state index in [9.17, 15) is 18.0 Å². The van der Waals surface area contributed by atoms with E-state index in [-0.39, 0.29) is 16.4 Å². The summed E-state index contributed by atoms with van der Waals surface area (Å²) in [4.78, 5) is 24.5. The Morgan fingerprint density at radius 2 is 1.81 bits per heavy atom. The van der Waals surface area contributed by atoms with Crippen molar-refractivity contribution in [1.29, 1.82) is 0 Å². The van der Waals surface area contributed by atoms with Crippen molar-refractivity contribution in [3.05, 3.63) is 29.8 Å². The molecule has 0 saturated heterocycles. The van der Waals surface area contributed by atoms with Crippen molar-refractivity contribution in [2.45, 2.75) is 45.1 Å². The van der Waals surface area contributed by atoms with Gasteiger partial charge in [-0.1, -0.05) is 40.2 Å². The van der Waals surface area contributed by atoms with Crippen LogP contribution >= 0.6 is 0 Å². The molecule has 1 aromatic carbocycles. The number of carbonyl (C=O) groups excluding carboxylic acids is 2. The van der Waals surface area contributed by atoms with Gasteiger partial charge in [-0.15, -0.1) is 0 Å². The summed E-state index contributed by atoms with van der Waals surface area (Å²) in [6.07, 6.45) is 0.677. The number of ether oxygens (including phenoxy) is 1. The van der Waals surface area contributed by atoms with Gasteiger partial charge in [0.05, 0.1) is 12.0 Å². The molecule has 26 heavy (non-hydrogen) atoms. The number of carbonyl (C=O) groups is 2. The first-order valence-corrected chi connectivity index (χ1v) is 10.2. The number of esters is 1. The van der Waals surface area contributed by atoms with Crippen LogP contribution in [0, 0.1) is 5.92 Å². The van der Waals surface area contributed by atoms with Gasteiger partial charge in [-0.25, -0.2) is 13.2 Å². The molecule has 1 N–H and O–H groups in total. The van der Waals surface area contributed by atoms with Crippen molar-refractivity contribution >= 4 is 21.9 Å². The Labute approximate surface area is 155 Å². The van der Waals surface area contributed by atoms with Gasteiger partial charge < -0.3 is 10.1 Å². The van der Waals surface area contributed by atoms with E-state index in [0.29, 0.717) is 19.5 Å². The predicted molar refractivity (Wildman–Crippen MR) is 99.3 cm³/mol. The third-order valence-electron chi connectivity index (χ3n) is 4.39. The summed E-state index contributed by atoms with van der Waals surface area (Å²) in [6.45, 7) is 7.93. The Morgan fingerprint density at radius 1 is 1.19 bits per heavy atom. The first-order chi connectivity index (χ1) is 12.2. The summed E-state index contributed by atoms with van der Waals surface area (Å²) in [5.41, 5.74) is 0.176. The summed E-state index contributed by atoms with van der Waals surface area (Å²) >= 11 is 0. The van der Waals surface area contributed by atoms with E-state index < -0.39 is 27.9 Å². The Hall–Kier alpha value is -1.93. The number of benzene rings is 1. The van der Waals surface area contributed by atoms with Crippen LogP contribution in [-0.2, 0) is 19.6 Å². The molecule has 7 nitrogen and oxygen atoms in total. The quantitative estimate of drug-likeness (QED) is 0.658. The molecule has 146 valence electrons. The topological polar surface area (TPSA) is 92.8 Å². The second-order valence-corrected chi connectivity index (χ2v) is 7.91. The highest BCUT2D eigenvalue weighted by Crippen LogP contribution is 2.18. The van der Waals surface area contributed by atoms with Gasteiger partial charge in [0.15, 0.2) is 0 Å². The third-order valence-corrected chi connectivity index (χ3v) is 6.44. The average Bonchev–Trinajstić information content (AvgIpc) is 2.65. The van der Waals surface area contributed by atoms with Crippen LogP contribution in [0.3, 0.4) is 0 Å². The molecule has 1 rings (SSSR count). The van der Waals surface area contributed by atoms with Crippen molar-refractivity contribution in [3.63, 3.8) is 0 Å². The summed E-state index contributed by atoms with van der Waals surface area (Å²) in [7, 11) is -2.40. The number of methoxy groups -OCH3 is 1. The van der Waals surface area contributed by atoms with Crippen LogP contribution in [-0.4, -0.2) is 50.8 Å². The molecule has 2 atom stereocenters. The van der Waals surface area contributed by atoms with Crippen LogP contribution in [0.2, 0.25) is 0 Å². The molecule has 0 saturated carbocycles.